The third-order valence-corrected chi connectivity index (χ3v) is 2.01. The molecule has 0 atom stereocenters. The lowest BCUT2D eigenvalue weighted by Gasteiger charge is -2.17. The van der Waals surface area contributed by atoms with E-state index in [2.05, 4.69) is 9.06 Å². The third kappa shape index (κ3) is 6.53. The lowest BCUT2D eigenvalue weighted by molar-refractivity contribution is -0.132. The van der Waals surface area contributed by atoms with Gasteiger partial charge in [0.25, 0.3) is 0 Å². The Kier molecular flexibility index (Phi) is 4.12. The Balaban J connectivity index is 3.73. The van der Waals surface area contributed by atoms with Gasteiger partial charge in [-0.05, 0) is 11.8 Å². The first-order chi connectivity index (χ1) is 5.27. The highest BCUT2D eigenvalue weighted by atomic mass is 32.2. The fourth-order valence-corrected chi connectivity index (χ4v) is 0.982. The topological polar surface area (TPSA) is 75.6 Å². The number of rotatable bonds is 4. The first-order valence-corrected chi connectivity index (χ1v) is 5.00. The fourth-order valence-electron chi connectivity index (χ4n) is 0.577. The molecule has 0 saturated carbocycles. The second kappa shape index (κ2) is 4.18. The van der Waals surface area contributed by atoms with Gasteiger partial charge in [0.05, 0.1) is 0 Å². The van der Waals surface area contributed by atoms with Crippen molar-refractivity contribution in [1.82, 2.24) is 4.72 Å². The van der Waals surface area contributed by atoms with Crippen LogP contribution in [0, 0.1) is 5.41 Å². The van der Waals surface area contributed by atoms with Crippen molar-refractivity contribution in [3.05, 3.63) is 0 Å². The lowest BCUT2D eigenvalue weighted by atomic mass is 9.93. The smallest absolute Gasteiger partial charge is 0.234 e. The molecule has 0 aromatic carbocycles. The monoisotopic (exact) mass is 197 g/mol. The minimum atomic E-state index is -3.94. The van der Waals surface area contributed by atoms with Crippen molar-refractivity contribution >= 4 is 10.3 Å². The average molecular weight is 197 g/mol. The van der Waals surface area contributed by atoms with Crippen molar-refractivity contribution < 1.29 is 18.0 Å². The molecule has 0 rings (SSSR count). The molecule has 0 fully saturated rings. The van der Waals surface area contributed by atoms with Crippen molar-refractivity contribution in [3.8, 4) is 0 Å². The highest BCUT2D eigenvalue weighted by Crippen LogP contribution is 2.16. The van der Waals surface area contributed by atoms with Gasteiger partial charge in [-0.15, -0.1) is 0 Å². The predicted octanol–water partition coefficient (Wildman–Crippen LogP) is 0.747. The van der Waals surface area contributed by atoms with E-state index >= 15 is 0 Å². The van der Waals surface area contributed by atoms with Crippen LogP contribution in [-0.2, 0) is 14.6 Å². The van der Waals surface area contributed by atoms with Crippen LogP contribution in [0.3, 0.4) is 0 Å². The summed E-state index contributed by atoms with van der Waals surface area (Å²) in [6.45, 7) is 6.22. The molecule has 0 saturated heterocycles. The standard InChI is InChI=1S/C6H15NO4S/c1-6(2,3)4-5-7-12(9,10)11-8/h7-8H,4-5H2,1-3H3. The molecule has 6 heteroatoms. The minimum Gasteiger partial charge on any atom is -0.234 e. The molecule has 2 N–H and O–H groups in total. The third-order valence-electron chi connectivity index (χ3n) is 1.25. The van der Waals surface area contributed by atoms with Gasteiger partial charge < -0.3 is 0 Å². The van der Waals surface area contributed by atoms with Gasteiger partial charge in [0, 0.05) is 6.54 Å². The van der Waals surface area contributed by atoms with Gasteiger partial charge in [0.1, 0.15) is 0 Å². The van der Waals surface area contributed by atoms with Crippen molar-refractivity contribution in [2.45, 2.75) is 27.2 Å². The van der Waals surface area contributed by atoms with Crippen LogP contribution in [0.25, 0.3) is 0 Å². The zero-order valence-electron chi connectivity index (χ0n) is 7.49. The molecule has 74 valence electrons. The largest absolute Gasteiger partial charge is 0.362 e. The Morgan fingerprint density at radius 1 is 1.42 bits per heavy atom. The summed E-state index contributed by atoms with van der Waals surface area (Å²) in [6.07, 6.45) is 0.676. The normalized spacial score (nSPS) is 13.3. The minimum absolute atomic E-state index is 0.0535. The summed E-state index contributed by atoms with van der Waals surface area (Å²) in [4.78, 5) is 0. The van der Waals surface area contributed by atoms with Gasteiger partial charge in [-0.2, -0.15) is 13.1 Å². The second-order valence-corrected chi connectivity index (χ2v) is 5.08. The maximum atomic E-state index is 10.5. The van der Waals surface area contributed by atoms with Crippen LogP contribution in [-0.4, -0.2) is 20.2 Å². The molecule has 0 unspecified atom stereocenters. The summed E-state index contributed by atoms with van der Waals surface area (Å²) in [5, 5.41) is 7.87. The van der Waals surface area contributed by atoms with Crippen molar-refractivity contribution in [1.29, 1.82) is 0 Å². The quantitative estimate of drug-likeness (QED) is 0.515. The first kappa shape index (κ1) is 11.8. The molecule has 0 aliphatic carbocycles. The van der Waals surface area contributed by atoms with Crippen molar-refractivity contribution in [2.24, 2.45) is 5.41 Å². The highest BCUT2D eigenvalue weighted by molar-refractivity contribution is 7.84. The van der Waals surface area contributed by atoms with E-state index in [0.29, 0.717) is 6.42 Å². The second-order valence-electron chi connectivity index (χ2n) is 3.73. The molecule has 0 radical (unpaired) electrons. The van der Waals surface area contributed by atoms with Crippen molar-refractivity contribution in [2.75, 3.05) is 6.54 Å². The van der Waals surface area contributed by atoms with Gasteiger partial charge in [0.2, 0.25) is 0 Å². The summed E-state index contributed by atoms with van der Waals surface area (Å²) >= 11 is 0. The molecule has 0 bridgehead atoms. The van der Waals surface area contributed by atoms with Gasteiger partial charge in [-0.25, -0.2) is 5.26 Å². The summed E-state index contributed by atoms with van der Waals surface area (Å²) in [6, 6.07) is 0. The van der Waals surface area contributed by atoms with Crippen molar-refractivity contribution in [3.63, 3.8) is 0 Å². The summed E-state index contributed by atoms with van der Waals surface area (Å²) < 4.78 is 26.3. The maximum Gasteiger partial charge on any atom is 0.362 e. The van der Waals surface area contributed by atoms with Crippen LogP contribution in [0.1, 0.15) is 27.2 Å². The Bertz CT molecular complexity index is 216. The van der Waals surface area contributed by atoms with Crippen LogP contribution in [0.2, 0.25) is 0 Å². The molecule has 12 heavy (non-hydrogen) atoms. The molecule has 5 nitrogen and oxygen atoms in total. The molecular weight excluding hydrogens is 182 g/mol. The van der Waals surface area contributed by atoms with E-state index in [0.717, 1.165) is 0 Å². The van der Waals surface area contributed by atoms with Crippen LogP contribution >= 0.6 is 0 Å². The Morgan fingerprint density at radius 3 is 2.25 bits per heavy atom. The Hall–Kier alpha value is -0.170. The van der Waals surface area contributed by atoms with Crippen LogP contribution in [0.4, 0.5) is 0 Å². The zero-order valence-corrected chi connectivity index (χ0v) is 8.31. The number of hydrogen-bond acceptors (Lipinski definition) is 4. The molecule has 0 aliphatic rings. The van der Waals surface area contributed by atoms with Gasteiger partial charge in [-0.3, -0.25) is 0 Å². The number of nitrogens with one attached hydrogen (secondary N) is 1. The Labute approximate surface area is 72.9 Å². The van der Waals surface area contributed by atoms with Crippen LogP contribution in [0.5, 0.6) is 0 Å². The molecule has 0 aromatic heterocycles. The van der Waals surface area contributed by atoms with E-state index in [1.54, 1.807) is 0 Å². The van der Waals surface area contributed by atoms with E-state index in [1.165, 1.54) is 0 Å². The maximum absolute atomic E-state index is 10.5. The van der Waals surface area contributed by atoms with E-state index in [-0.39, 0.29) is 12.0 Å². The van der Waals surface area contributed by atoms with E-state index in [1.807, 2.05) is 20.8 Å². The highest BCUT2D eigenvalue weighted by Gasteiger charge is 2.13. The van der Waals surface area contributed by atoms with Crippen LogP contribution in [0.15, 0.2) is 0 Å². The summed E-state index contributed by atoms with van der Waals surface area (Å²) in [7, 11) is -3.94. The summed E-state index contributed by atoms with van der Waals surface area (Å²) in [5.74, 6) is 0. The average Bonchev–Trinajstić information content (AvgIpc) is 1.84. The molecular formula is C6H15NO4S. The van der Waals surface area contributed by atoms with E-state index in [4.69, 9.17) is 5.26 Å². The number of hydrogen-bond donors (Lipinski definition) is 2. The lowest BCUT2D eigenvalue weighted by Crippen LogP contribution is -2.28. The van der Waals surface area contributed by atoms with Crippen LogP contribution < -0.4 is 4.72 Å². The van der Waals surface area contributed by atoms with Gasteiger partial charge >= 0.3 is 10.3 Å². The molecule has 0 aliphatic heterocycles. The van der Waals surface area contributed by atoms with Gasteiger partial charge in [-0.1, -0.05) is 25.1 Å². The molecule has 0 amide bonds. The summed E-state index contributed by atoms with van der Waals surface area (Å²) in [5.41, 5.74) is 0.0535. The van der Waals surface area contributed by atoms with E-state index < -0.39 is 10.3 Å². The van der Waals surface area contributed by atoms with E-state index in [9.17, 15) is 8.42 Å². The zero-order chi connectivity index (χ0) is 9.83. The molecule has 0 aromatic rings. The Morgan fingerprint density at radius 2 is 1.92 bits per heavy atom. The fraction of sp³-hybridized carbons (Fsp3) is 1.00. The SMILES string of the molecule is CC(C)(C)CCNS(=O)(=O)OO. The molecule has 0 spiro atoms. The molecule has 0 heterocycles. The van der Waals surface area contributed by atoms with Gasteiger partial charge in [0.15, 0.2) is 0 Å². The predicted molar refractivity (Wildman–Crippen MR) is 44.7 cm³/mol. The first-order valence-electron chi connectivity index (χ1n) is 3.59.